The van der Waals surface area contributed by atoms with Crippen molar-refractivity contribution in [3.63, 3.8) is 0 Å². The van der Waals surface area contributed by atoms with Crippen molar-refractivity contribution in [2.75, 3.05) is 5.32 Å². The van der Waals surface area contributed by atoms with Gasteiger partial charge in [-0.2, -0.15) is 5.10 Å². The van der Waals surface area contributed by atoms with Crippen molar-refractivity contribution in [1.29, 1.82) is 0 Å². The Kier molecular flexibility index (Phi) is 6.11. The highest BCUT2D eigenvalue weighted by atomic mass is 16.4. The molecule has 1 heterocycles. The highest BCUT2D eigenvalue weighted by molar-refractivity contribution is 5.89. The molecule has 1 aliphatic carbocycles. The summed E-state index contributed by atoms with van der Waals surface area (Å²) in [6.07, 6.45) is 6.90. The third-order valence-corrected chi connectivity index (χ3v) is 4.95. The average Bonchev–Trinajstić information content (AvgIpc) is 3.39. The molecule has 2 unspecified atom stereocenters. The Bertz CT molecular complexity index is 771. The number of aromatic nitrogens is 2. The smallest absolute Gasteiger partial charge is 0.319 e. The molecule has 3 rings (SSSR count). The van der Waals surface area contributed by atoms with Crippen LogP contribution in [0.1, 0.15) is 44.2 Å². The predicted octanol–water partition coefficient (Wildman–Crippen LogP) is 3.45. The molecule has 7 nitrogen and oxygen atoms in total. The van der Waals surface area contributed by atoms with Crippen LogP contribution in [0.25, 0.3) is 0 Å². The molecule has 2 amide bonds. The van der Waals surface area contributed by atoms with E-state index >= 15 is 0 Å². The first kappa shape index (κ1) is 18.9. The minimum Gasteiger partial charge on any atom is -0.481 e. The van der Waals surface area contributed by atoms with E-state index in [4.69, 9.17) is 5.11 Å². The lowest BCUT2D eigenvalue weighted by Gasteiger charge is -2.18. The molecule has 0 bridgehead atoms. The molecule has 0 spiro atoms. The standard InChI is InChI=1S/C20H26N4O3/c1-14(16-7-8-16)24-13-18(12-21-24)23-20(27)22-17(9-10-19(25)26)11-15-5-3-2-4-6-15/h2-6,12-14,16-17H,7-11H2,1H3,(H,25,26)(H2,22,23,27). The molecule has 144 valence electrons. The topological polar surface area (TPSA) is 96.2 Å². The van der Waals surface area contributed by atoms with E-state index in [0.717, 1.165) is 5.56 Å². The second-order valence-corrected chi connectivity index (χ2v) is 7.20. The Balaban J connectivity index is 1.56. The number of urea groups is 1. The number of carbonyl (C=O) groups excluding carboxylic acids is 1. The first-order valence-corrected chi connectivity index (χ1v) is 9.38. The number of benzene rings is 1. The fraction of sp³-hybridized carbons (Fsp3) is 0.450. The number of aliphatic carboxylic acids is 1. The van der Waals surface area contributed by atoms with Crippen LogP contribution in [-0.2, 0) is 11.2 Å². The first-order valence-electron chi connectivity index (χ1n) is 9.38. The number of nitrogens with zero attached hydrogens (tertiary/aromatic N) is 2. The Labute approximate surface area is 158 Å². The summed E-state index contributed by atoms with van der Waals surface area (Å²) in [6, 6.07) is 9.45. The second kappa shape index (κ2) is 8.70. The normalized spacial score (nSPS) is 15.7. The molecular weight excluding hydrogens is 344 g/mol. The van der Waals surface area contributed by atoms with Crippen LogP contribution in [0.4, 0.5) is 10.5 Å². The van der Waals surface area contributed by atoms with Gasteiger partial charge in [-0.05, 0) is 44.1 Å². The number of hydrogen-bond donors (Lipinski definition) is 3. The van der Waals surface area contributed by atoms with Gasteiger partial charge in [-0.1, -0.05) is 30.3 Å². The minimum atomic E-state index is -0.870. The Morgan fingerprint density at radius 2 is 2.04 bits per heavy atom. The quantitative estimate of drug-likeness (QED) is 0.630. The third kappa shape index (κ3) is 5.84. The fourth-order valence-corrected chi connectivity index (χ4v) is 3.19. The van der Waals surface area contributed by atoms with Gasteiger partial charge in [-0.25, -0.2) is 4.79 Å². The monoisotopic (exact) mass is 370 g/mol. The highest BCUT2D eigenvalue weighted by Gasteiger charge is 2.29. The van der Waals surface area contributed by atoms with Gasteiger partial charge in [0.25, 0.3) is 0 Å². The maximum atomic E-state index is 12.4. The number of anilines is 1. The molecule has 1 aliphatic rings. The zero-order valence-corrected chi connectivity index (χ0v) is 15.5. The van der Waals surface area contributed by atoms with E-state index in [0.29, 0.717) is 30.5 Å². The maximum absolute atomic E-state index is 12.4. The van der Waals surface area contributed by atoms with Gasteiger partial charge < -0.3 is 15.7 Å². The van der Waals surface area contributed by atoms with E-state index < -0.39 is 5.97 Å². The van der Waals surface area contributed by atoms with Crippen LogP contribution < -0.4 is 10.6 Å². The van der Waals surface area contributed by atoms with Crippen LogP contribution in [0.3, 0.4) is 0 Å². The van der Waals surface area contributed by atoms with Crippen molar-refractivity contribution in [3.8, 4) is 0 Å². The Morgan fingerprint density at radius 1 is 1.30 bits per heavy atom. The molecule has 1 fully saturated rings. The first-order chi connectivity index (χ1) is 13.0. The van der Waals surface area contributed by atoms with Crippen LogP contribution in [-0.4, -0.2) is 32.9 Å². The van der Waals surface area contributed by atoms with Crippen LogP contribution in [0.2, 0.25) is 0 Å². The van der Waals surface area contributed by atoms with Gasteiger partial charge in [-0.3, -0.25) is 9.48 Å². The summed E-state index contributed by atoms with van der Waals surface area (Å²) in [6.45, 7) is 2.14. The number of carboxylic acids is 1. The summed E-state index contributed by atoms with van der Waals surface area (Å²) >= 11 is 0. The number of amides is 2. The summed E-state index contributed by atoms with van der Waals surface area (Å²) in [5, 5.41) is 19.0. The van der Waals surface area contributed by atoms with Crippen molar-refractivity contribution >= 4 is 17.7 Å². The van der Waals surface area contributed by atoms with E-state index in [2.05, 4.69) is 22.7 Å². The van der Waals surface area contributed by atoms with Gasteiger partial charge in [0.05, 0.1) is 17.9 Å². The molecule has 3 N–H and O–H groups in total. The van der Waals surface area contributed by atoms with E-state index in [1.54, 1.807) is 6.20 Å². The molecular formula is C20H26N4O3. The average molecular weight is 370 g/mol. The predicted molar refractivity (Wildman–Crippen MR) is 103 cm³/mol. The second-order valence-electron chi connectivity index (χ2n) is 7.20. The summed E-state index contributed by atoms with van der Waals surface area (Å²) in [5.74, 6) is -0.191. The minimum absolute atomic E-state index is 0.00855. The zero-order valence-electron chi connectivity index (χ0n) is 15.5. The molecule has 27 heavy (non-hydrogen) atoms. The SMILES string of the molecule is CC(C1CC1)n1cc(NC(=O)NC(CCC(=O)O)Cc2ccccc2)cn1. The number of hydrogen-bond acceptors (Lipinski definition) is 3. The Hall–Kier alpha value is -2.83. The van der Waals surface area contributed by atoms with Gasteiger partial charge in [0, 0.05) is 18.7 Å². The van der Waals surface area contributed by atoms with Crippen molar-refractivity contribution in [2.45, 2.75) is 51.1 Å². The largest absolute Gasteiger partial charge is 0.481 e. The molecule has 2 aromatic rings. The molecule has 1 aromatic carbocycles. The lowest BCUT2D eigenvalue weighted by Crippen LogP contribution is -2.39. The summed E-state index contributed by atoms with van der Waals surface area (Å²) < 4.78 is 1.89. The molecule has 0 radical (unpaired) electrons. The number of carboxylic acid groups (broad SMARTS) is 1. The fourth-order valence-electron chi connectivity index (χ4n) is 3.19. The molecule has 1 saturated carbocycles. The van der Waals surface area contributed by atoms with Crippen LogP contribution in [0, 0.1) is 5.92 Å². The lowest BCUT2D eigenvalue weighted by molar-refractivity contribution is -0.137. The summed E-state index contributed by atoms with van der Waals surface area (Å²) in [4.78, 5) is 23.3. The molecule has 1 aromatic heterocycles. The van der Waals surface area contributed by atoms with E-state index in [-0.39, 0.29) is 18.5 Å². The molecule has 2 atom stereocenters. The van der Waals surface area contributed by atoms with Crippen molar-refractivity contribution in [1.82, 2.24) is 15.1 Å². The molecule has 0 saturated heterocycles. The number of nitrogens with one attached hydrogen (secondary N) is 2. The van der Waals surface area contributed by atoms with Gasteiger partial charge >= 0.3 is 12.0 Å². The molecule has 7 heteroatoms. The Morgan fingerprint density at radius 3 is 2.70 bits per heavy atom. The van der Waals surface area contributed by atoms with Crippen LogP contribution in [0.15, 0.2) is 42.7 Å². The van der Waals surface area contributed by atoms with E-state index in [1.165, 1.54) is 12.8 Å². The van der Waals surface area contributed by atoms with E-state index in [1.807, 2.05) is 41.2 Å². The van der Waals surface area contributed by atoms with Crippen molar-refractivity contribution in [3.05, 3.63) is 48.3 Å². The molecule has 0 aliphatic heterocycles. The van der Waals surface area contributed by atoms with Gasteiger partial charge in [0.1, 0.15) is 0 Å². The van der Waals surface area contributed by atoms with Crippen LogP contribution >= 0.6 is 0 Å². The van der Waals surface area contributed by atoms with Crippen molar-refractivity contribution in [2.24, 2.45) is 5.92 Å². The zero-order chi connectivity index (χ0) is 19.2. The van der Waals surface area contributed by atoms with Crippen molar-refractivity contribution < 1.29 is 14.7 Å². The van der Waals surface area contributed by atoms with Gasteiger partial charge in [0.15, 0.2) is 0 Å². The number of rotatable bonds is 9. The number of carbonyl (C=O) groups is 2. The highest BCUT2D eigenvalue weighted by Crippen LogP contribution is 2.39. The third-order valence-electron chi connectivity index (χ3n) is 4.95. The van der Waals surface area contributed by atoms with Gasteiger partial charge in [0.2, 0.25) is 0 Å². The van der Waals surface area contributed by atoms with E-state index in [9.17, 15) is 9.59 Å². The van der Waals surface area contributed by atoms with Crippen LogP contribution in [0.5, 0.6) is 0 Å². The maximum Gasteiger partial charge on any atom is 0.319 e. The summed E-state index contributed by atoms with van der Waals surface area (Å²) in [5.41, 5.74) is 1.69. The lowest BCUT2D eigenvalue weighted by atomic mass is 10.0. The summed E-state index contributed by atoms with van der Waals surface area (Å²) in [7, 11) is 0. The van der Waals surface area contributed by atoms with Gasteiger partial charge in [-0.15, -0.1) is 0 Å².